The SMILES string of the molecule is COc1cc(/C=C/C(=O)NCC(=O)NC(C)C)cc(OC)c1OC. The zero-order valence-corrected chi connectivity index (χ0v) is 14.6. The monoisotopic (exact) mass is 336 g/mol. The van der Waals surface area contributed by atoms with Gasteiger partial charge in [0.05, 0.1) is 27.9 Å². The van der Waals surface area contributed by atoms with Crippen molar-refractivity contribution >= 4 is 17.9 Å². The van der Waals surface area contributed by atoms with E-state index < -0.39 is 0 Å². The molecule has 7 nitrogen and oxygen atoms in total. The number of nitrogens with one attached hydrogen (secondary N) is 2. The number of hydrogen-bond acceptors (Lipinski definition) is 5. The van der Waals surface area contributed by atoms with Crippen LogP contribution in [-0.2, 0) is 9.59 Å². The van der Waals surface area contributed by atoms with Crippen LogP contribution in [0.3, 0.4) is 0 Å². The number of carbonyl (C=O) groups is 2. The third-order valence-electron chi connectivity index (χ3n) is 2.99. The van der Waals surface area contributed by atoms with Crippen molar-refractivity contribution in [1.29, 1.82) is 0 Å². The van der Waals surface area contributed by atoms with E-state index in [1.54, 1.807) is 18.2 Å². The van der Waals surface area contributed by atoms with Gasteiger partial charge >= 0.3 is 0 Å². The van der Waals surface area contributed by atoms with Crippen molar-refractivity contribution < 1.29 is 23.8 Å². The molecule has 0 spiro atoms. The minimum atomic E-state index is -0.373. The number of rotatable bonds is 8. The fraction of sp³-hybridized carbons (Fsp3) is 0.412. The van der Waals surface area contributed by atoms with Crippen LogP contribution < -0.4 is 24.8 Å². The van der Waals surface area contributed by atoms with Crippen molar-refractivity contribution in [3.05, 3.63) is 23.8 Å². The average molecular weight is 336 g/mol. The standard InChI is InChI=1S/C17H24N2O5/c1-11(2)19-16(21)10-18-15(20)7-6-12-8-13(22-3)17(24-5)14(9-12)23-4/h6-9,11H,10H2,1-5H3,(H,18,20)(H,19,21)/b7-6+. The molecule has 0 saturated heterocycles. The fourth-order valence-corrected chi connectivity index (χ4v) is 1.97. The summed E-state index contributed by atoms with van der Waals surface area (Å²) in [5.41, 5.74) is 0.700. The first-order valence-electron chi connectivity index (χ1n) is 7.46. The Hall–Kier alpha value is -2.70. The lowest BCUT2D eigenvalue weighted by atomic mass is 10.1. The van der Waals surface area contributed by atoms with Crippen LogP contribution >= 0.6 is 0 Å². The minimum absolute atomic E-state index is 0.0316. The number of ether oxygens (including phenoxy) is 3. The molecule has 7 heteroatoms. The molecular weight excluding hydrogens is 312 g/mol. The molecule has 0 bridgehead atoms. The van der Waals surface area contributed by atoms with Gasteiger partial charge in [-0.3, -0.25) is 9.59 Å². The van der Waals surface area contributed by atoms with Gasteiger partial charge in [-0.1, -0.05) is 0 Å². The second-order valence-electron chi connectivity index (χ2n) is 5.23. The molecule has 0 radical (unpaired) electrons. The quantitative estimate of drug-likeness (QED) is 0.700. The van der Waals surface area contributed by atoms with Gasteiger partial charge in [0.1, 0.15) is 0 Å². The van der Waals surface area contributed by atoms with Gasteiger partial charge < -0.3 is 24.8 Å². The summed E-state index contributed by atoms with van der Waals surface area (Å²) < 4.78 is 15.7. The lowest BCUT2D eigenvalue weighted by Crippen LogP contribution is -2.39. The van der Waals surface area contributed by atoms with Crippen molar-refractivity contribution in [2.75, 3.05) is 27.9 Å². The number of amides is 2. The lowest BCUT2D eigenvalue weighted by molar-refractivity contribution is -0.124. The smallest absolute Gasteiger partial charge is 0.244 e. The van der Waals surface area contributed by atoms with Crippen molar-refractivity contribution in [2.24, 2.45) is 0 Å². The summed E-state index contributed by atoms with van der Waals surface area (Å²) in [7, 11) is 4.56. The summed E-state index contributed by atoms with van der Waals surface area (Å²) >= 11 is 0. The Bertz CT molecular complexity index is 586. The predicted molar refractivity (Wildman–Crippen MR) is 91.4 cm³/mol. The molecule has 0 aromatic heterocycles. The molecule has 0 fully saturated rings. The molecule has 0 heterocycles. The Morgan fingerprint density at radius 1 is 1.08 bits per heavy atom. The summed E-state index contributed by atoms with van der Waals surface area (Å²) in [6.07, 6.45) is 2.93. The summed E-state index contributed by atoms with van der Waals surface area (Å²) in [6, 6.07) is 3.47. The van der Waals surface area contributed by atoms with Gasteiger partial charge in [-0.25, -0.2) is 0 Å². The molecule has 0 aliphatic rings. The molecular formula is C17H24N2O5. The van der Waals surface area contributed by atoms with Crippen LogP contribution in [0.2, 0.25) is 0 Å². The first-order valence-corrected chi connectivity index (χ1v) is 7.46. The van der Waals surface area contributed by atoms with Gasteiger partial charge in [-0.2, -0.15) is 0 Å². The van der Waals surface area contributed by atoms with Crippen molar-refractivity contribution in [3.63, 3.8) is 0 Å². The number of carbonyl (C=O) groups excluding carboxylic acids is 2. The highest BCUT2D eigenvalue weighted by Gasteiger charge is 2.12. The van der Waals surface area contributed by atoms with Gasteiger partial charge in [0, 0.05) is 12.1 Å². The van der Waals surface area contributed by atoms with E-state index in [4.69, 9.17) is 14.2 Å². The second kappa shape index (κ2) is 9.44. The number of hydrogen-bond donors (Lipinski definition) is 2. The van der Waals surface area contributed by atoms with Crippen molar-refractivity contribution in [1.82, 2.24) is 10.6 Å². The Morgan fingerprint density at radius 2 is 1.67 bits per heavy atom. The predicted octanol–water partition coefficient (Wildman–Crippen LogP) is 1.37. The van der Waals surface area contributed by atoms with E-state index in [1.807, 2.05) is 13.8 Å². The van der Waals surface area contributed by atoms with Crippen LogP contribution in [0.1, 0.15) is 19.4 Å². The lowest BCUT2D eigenvalue weighted by Gasteiger charge is -2.12. The van der Waals surface area contributed by atoms with Gasteiger partial charge in [-0.05, 0) is 37.6 Å². The summed E-state index contributed by atoms with van der Waals surface area (Å²) in [4.78, 5) is 23.2. The molecule has 2 N–H and O–H groups in total. The molecule has 132 valence electrons. The fourth-order valence-electron chi connectivity index (χ4n) is 1.97. The van der Waals surface area contributed by atoms with Crippen molar-refractivity contribution in [2.45, 2.75) is 19.9 Å². The average Bonchev–Trinajstić information content (AvgIpc) is 2.56. The summed E-state index contributed by atoms with van der Waals surface area (Å²) in [5.74, 6) is 0.857. The van der Waals surface area contributed by atoms with Crippen LogP contribution in [0.15, 0.2) is 18.2 Å². The van der Waals surface area contributed by atoms with E-state index in [-0.39, 0.29) is 24.4 Å². The Labute approximate surface area is 142 Å². The molecule has 24 heavy (non-hydrogen) atoms. The van der Waals surface area contributed by atoms with Gasteiger partial charge in [0.25, 0.3) is 0 Å². The van der Waals surface area contributed by atoms with Crippen LogP contribution in [-0.4, -0.2) is 45.7 Å². The Kier molecular flexibility index (Phi) is 7.61. The van der Waals surface area contributed by atoms with Gasteiger partial charge in [0.15, 0.2) is 11.5 Å². The largest absolute Gasteiger partial charge is 0.493 e. The molecule has 0 aliphatic carbocycles. The number of methoxy groups -OCH3 is 3. The van der Waals surface area contributed by atoms with E-state index in [9.17, 15) is 9.59 Å². The van der Waals surface area contributed by atoms with Gasteiger partial charge in [-0.15, -0.1) is 0 Å². The summed E-state index contributed by atoms with van der Waals surface area (Å²) in [6.45, 7) is 3.63. The van der Waals surface area contributed by atoms with Crippen LogP contribution in [0.5, 0.6) is 17.2 Å². The molecule has 0 atom stereocenters. The van der Waals surface area contributed by atoms with E-state index in [0.29, 0.717) is 22.8 Å². The van der Waals surface area contributed by atoms with Crippen LogP contribution in [0.25, 0.3) is 6.08 Å². The first-order chi connectivity index (χ1) is 11.4. The maximum Gasteiger partial charge on any atom is 0.244 e. The van der Waals surface area contributed by atoms with E-state index in [2.05, 4.69) is 10.6 Å². The first kappa shape index (κ1) is 19.3. The number of benzene rings is 1. The Balaban J connectivity index is 2.76. The van der Waals surface area contributed by atoms with E-state index >= 15 is 0 Å². The molecule has 1 rings (SSSR count). The second-order valence-corrected chi connectivity index (χ2v) is 5.23. The molecule has 0 saturated carbocycles. The topological polar surface area (TPSA) is 85.9 Å². The molecule has 0 unspecified atom stereocenters. The van der Waals surface area contributed by atoms with Crippen LogP contribution in [0, 0.1) is 0 Å². The third kappa shape index (κ3) is 5.83. The highest BCUT2D eigenvalue weighted by atomic mass is 16.5. The normalized spacial score (nSPS) is 10.6. The molecule has 1 aromatic carbocycles. The third-order valence-corrected chi connectivity index (χ3v) is 2.99. The van der Waals surface area contributed by atoms with Gasteiger partial charge in [0.2, 0.25) is 17.6 Å². The zero-order chi connectivity index (χ0) is 18.1. The zero-order valence-electron chi connectivity index (χ0n) is 14.6. The molecule has 0 aliphatic heterocycles. The van der Waals surface area contributed by atoms with Crippen molar-refractivity contribution in [3.8, 4) is 17.2 Å². The maximum atomic E-state index is 11.8. The minimum Gasteiger partial charge on any atom is -0.493 e. The molecule has 1 aromatic rings. The maximum absolute atomic E-state index is 11.8. The molecule has 2 amide bonds. The highest BCUT2D eigenvalue weighted by Crippen LogP contribution is 2.38. The van der Waals surface area contributed by atoms with Crippen LogP contribution in [0.4, 0.5) is 0 Å². The highest BCUT2D eigenvalue weighted by molar-refractivity contribution is 5.94. The van der Waals surface area contributed by atoms with E-state index in [1.165, 1.54) is 27.4 Å². The Morgan fingerprint density at radius 3 is 2.12 bits per heavy atom. The summed E-state index contributed by atoms with van der Waals surface area (Å²) in [5, 5.41) is 5.20. The van der Waals surface area contributed by atoms with E-state index in [0.717, 1.165) is 0 Å².